The van der Waals surface area contributed by atoms with Crippen molar-refractivity contribution in [3.8, 4) is 0 Å². The summed E-state index contributed by atoms with van der Waals surface area (Å²) >= 11 is 0. The summed E-state index contributed by atoms with van der Waals surface area (Å²) in [6.45, 7) is 4.97. The molecule has 1 aromatic rings. The molecule has 1 aromatic carbocycles. The lowest BCUT2D eigenvalue weighted by Crippen LogP contribution is -2.34. The molecule has 3 heteroatoms. The zero-order valence-corrected chi connectivity index (χ0v) is 11.7. The molecule has 0 radical (unpaired) electrons. The van der Waals surface area contributed by atoms with E-state index in [1.54, 1.807) is 12.1 Å². The minimum absolute atomic E-state index is 0.143. The molecule has 106 valence electrons. The first-order valence-corrected chi connectivity index (χ1v) is 7.33. The van der Waals surface area contributed by atoms with Gasteiger partial charge in [-0.1, -0.05) is 19.1 Å². The van der Waals surface area contributed by atoms with E-state index in [0.717, 1.165) is 51.0 Å². The maximum absolute atomic E-state index is 13.2. The van der Waals surface area contributed by atoms with Crippen LogP contribution in [-0.4, -0.2) is 25.8 Å². The van der Waals surface area contributed by atoms with Gasteiger partial charge in [-0.05, 0) is 55.8 Å². The summed E-state index contributed by atoms with van der Waals surface area (Å²) in [5, 5.41) is 3.59. The summed E-state index contributed by atoms with van der Waals surface area (Å²) in [5.74, 6) is 0.513. The second kappa shape index (κ2) is 7.61. The molecule has 1 saturated heterocycles. The Morgan fingerprint density at radius 1 is 1.47 bits per heavy atom. The first-order valence-electron chi connectivity index (χ1n) is 7.33. The molecule has 2 nitrogen and oxygen atoms in total. The molecule has 0 amide bonds. The van der Waals surface area contributed by atoms with Gasteiger partial charge in [0, 0.05) is 19.3 Å². The Labute approximate surface area is 115 Å². The Morgan fingerprint density at radius 3 is 3.05 bits per heavy atom. The van der Waals surface area contributed by atoms with Crippen LogP contribution in [0.3, 0.4) is 0 Å². The van der Waals surface area contributed by atoms with Crippen molar-refractivity contribution in [2.45, 2.75) is 38.6 Å². The maximum atomic E-state index is 13.2. The fraction of sp³-hybridized carbons (Fsp3) is 0.625. The number of ether oxygens (including phenoxy) is 1. The van der Waals surface area contributed by atoms with E-state index in [-0.39, 0.29) is 5.82 Å². The second-order valence-electron chi connectivity index (χ2n) is 5.45. The molecule has 0 bridgehead atoms. The highest BCUT2D eigenvalue weighted by atomic mass is 19.1. The highest BCUT2D eigenvalue weighted by Crippen LogP contribution is 2.20. The number of halogens is 1. The van der Waals surface area contributed by atoms with Crippen LogP contribution in [0.1, 0.15) is 31.7 Å². The molecular weight excluding hydrogens is 241 g/mol. The van der Waals surface area contributed by atoms with Gasteiger partial charge in [-0.15, -0.1) is 0 Å². The summed E-state index contributed by atoms with van der Waals surface area (Å²) < 4.78 is 18.7. The Kier molecular flexibility index (Phi) is 5.80. The minimum Gasteiger partial charge on any atom is -0.381 e. The number of nitrogens with one attached hydrogen (secondary N) is 1. The molecule has 0 saturated carbocycles. The molecule has 2 atom stereocenters. The zero-order valence-electron chi connectivity index (χ0n) is 11.7. The first kappa shape index (κ1) is 14.5. The lowest BCUT2D eigenvalue weighted by molar-refractivity contribution is 0.181. The van der Waals surface area contributed by atoms with E-state index < -0.39 is 0 Å². The summed E-state index contributed by atoms with van der Waals surface area (Å²) in [6.07, 6.45) is 4.30. The van der Waals surface area contributed by atoms with Crippen LogP contribution >= 0.6 is 0 Å². The van der Waals surface area contributed by atoms with Crippen molar-refractivity contribution < 1.29 is 9.13 Å². The predicted octanol–water partition coefficient (Wildman–Crippen LogP) is 3.16. The monoisotopic (exact) mass is 265 g/mol. The van der Waals surface area contributed by atoms with Crippen LogP contribution in [0.25, 0.3) is 0 Å². The lowest BCUT2D eigenvalue weighted by atomic mass is 9.94. The van der Waals surface area contributed by atoms with E-state index >= 15 is 0 Å². The Bertz CT molecular complexity index is 377. The fourth-order valence-corrected chi connectivity index (χ4v) is 2.71. The third kappa shape index (κ3) is 4.92. The third-order valence-corrected chi connectivity index (χ3v) is 3.70. The van der Waals surface area contributed by atoms with Gasteiger partial charge in [0.15, 0.2) is 0 Å². The second-order valence-corrected chi connectivity index (χ2v) is 5.45. The van der Waals surface area contributed by atoms with Crippen LogP contribution in [0.2, 0.25) is 0 Å². The fourth-order valence-electron chi connectivity index (χ4n) is 2.71. The number of benzene rings is 1. The van der Waals surface area contributed by atoms with Gasteiger partial charge in [0.1, 0.15) is 5.82 Å². The molecule has 1 N–H and O–H groups in total. The van der Waals surface area contributed by atoms with Gasteiger partial charge < -0.3 is 10.1 Å². The Hall–Kier alpha value is -0.930. The van der Waals surface area contributed by atoms with E-state index in [0.29, 0.717) is 12.0 Å². The van der Waals surface area contributed by atoms with E-state index in [9.17, 15) is 4.39 Å². The summed E-state index contributed by atoms with van der Waals surface area (Å²) in [6, 6.07) is 7.37. The maximum Gasteiger partial charge on any atom is 0.123 e. The molecule has 0 aliphatic carbocycles. The van der Waals surface area contributed by atoms with E-state index in [2.05, 4.69) is 12.2 Å². The van der Waals surface area contributed by atoms with Crippen molar-refractivity contribution in [3.63, 3.8) is 0 Å². The van der Waals surface area contributed by atoms with Crippen molar-refractivity contribution in [3.05, 3.63) is 35.6 Å². The van der Waals surface area contributed by atoms with Gasteiger partial charge in [0.05, 0.1) is 0 Å². The molecule has 1 heterocycles. The molecular formula is C16H24FNO. The van der Waals surface area contributed by atoms with Gasteiger partial charge in [-0.25, -0.2) is 4.39 Å². The standard InChI is InChI=1S/C16H24FNO/c1-2-7-18-16(11-14-6-8-19-12-14)10-13-4-3-5-15(17)9-13/h3-5,9,14,16,18H,2,6-8,10-12H2,1H3. The van der Waals surface area contributed by atoms with Crippen molar-refractivity contribution in [2.75, 3.05) is 19.8 Å². The van der Waals surface area contributed by atoms with Crippen LogP contribution in [0.4, 0.5) is 4.39 Å². The van der Waals surface area contributed by atoms with Gasteiger partial charge in [0.2, 0.25) is 0 Å². The molecule has 2 unspecified atom stereocenters. The first-order chi connectivity index (χ1) is 9.28. The zero-order chi connectivity index (χ0) is 13.5. The molecule has 1 fully saturated rings. The predicted molar refractivity (Wildman–Crippen MR) is 75.7 cm³/mol. The third-order valence-electron chi connectivity index (χ3n) is 3.70. The van der Waals surface area contributed by atoms with Gasteiger partial charge in [0.25, 0.3) is 0 Å². The Morgan fingerprint density at radius 2 is 2.37 bits per heavy atom. The van der Waals surface area contributed by atoms with E-state index in [4.69, 9.17) is 4.74 Å². The molecule has 0 aromatic heterocycles. The SMILES string of the molecule is CCCNC(Cc1cccc(F)c1)CC1CCOC1. The van der Waals surface area contributed by atoms with Crippen LogP contribution in [0, 0.1) is 11.7 Å². The van der Waals surface area contributed by atoms with Crippen LogP contribution in [-0.2, 0) is 11.2 Å². The average molecular weight is 265 g/mol. The quantitative estimate of drug-likeness (QED) is 0.817. The number of hydrogen-bond acceptors (Lipinski definition) is 2. The molecule has 1 aliphatic rings. The normalized spacial score (nSPS) is 20.6. The molecule has 19 heavy (non-hydrogen) atoms. The smallest absolute Gasteiger partial charge is 0.123 e. The Balaban J connectivity index is 1.92. The number of hydrogen-bond donors (Lipinski definition) is 1. The van der Waals surface area contributed by atoms with Crippen LogP contribution in [0.15, 0.2) is 24.3 Å². The van der Waals surface area contributed by atoms with Crippen molar-refractivity contribution >= 4 is 0 Å². The summed E-state index contributed by atoms with van der Waals surface area (Å²) in [5.41, 5.74) is 1.08. The van der Waals surface area contributed by atoms with E-state index in [1.165, 1.54) is 6.07 Å². The van der Waals surface area contributed by atoms with Crippen molar-refractivity contribution in [1.29, 1.82) is 0 Å². The average Bonchev–Trinajstić information content (AvgIpc) is 2.89. The topological polar surface area (TPSA) is 21.3 Å². The molecule has 0 spiro atoms. The van der Waals surface area contributed by atoms with Crippen LogP contribution in [0.5, 0.6) is 0 Å². The largest absolute Gasteiger partial charge is 0.381 e. The molecule has 2 rings (SSSR count). The van der Waals surface area contributed by atoms with Crippen LogP contribution < -0.4 is 5.32 Å². The van der Waals surface area contributed by atoms with Gasteiger partial charge in [-0.3, -0.25) is 0 Å². The lowest BCUT2D eigenvalue weighted by Gasteiger charge is -2.21. The summed E-state index contributed by atoms with van der Waals surface area (Å²) in [7, 11) is 0. The van der Waals surface area contributed by atoms with Gasteiger partial charge in [-0.2, -0.15) is 0 Å². The highest BCUT2D eigenvalue weighted by Gasteiger charge is 2.20. The van der Waals surface area contributed by atoms with Crippen molar-refractivity contribution in [1.82, 2.24) is 5.32 Å². The minimum atomic E-state index is -0.143. The van der Waals surface area contributed by atoms with Crippen molar-refractivity contribution in [2.24, 2.45) is 5.92 Å². The van der Waals surface area contributed by atoms with E-state index in [1.807, 2.05) is 6.07 Å². The molecule has 1 aliphatic heterocycles. The highest BCUT2D eigenvalue weighted by molar-refractivity contribution is 5.17. The van der Waals surface area contributed by atoms with Gasteiger partial charge >= 0.3 is 0 Å². The summed E-state index contributed by atoms with van der Waals surface area (Å²) in [4.78, 5) is 0. The number of rotatable bonds is 7.